The highest BCUT2D eigenvalue weighted by Gasteiger charge is 2.07. The molecule has 14 heavy (non-hydrogen) atoms. The van der Waals surface area contributed by atoms with Gasteiger partial charge in [-0.1, -0.05) is 22.0 Å². The Labute approximate surface area is 91.8 Å². The van der Waals surface area contributed by atoms with Gasteiger partial charge in [0.05, 0.1) is 6.61 Å². The zero-order valence-electron chi connectivity index (χ0n) is 8.16. The molecule has 1 rings (SSSR count). The van der Waals surface area contributed by atoms with Gasteiger partial charge in [0.1, 0.15) is 5.75 Å². The smallest absolute Gasteiger partial charge is 0.196 e. The van der Waals surface area contributed by atoms with E-state index >= 15 is 0 Å². The van der Waals surface area contributed by atoms with Crippen LogP contribution in [0.2, 0.25) is 0 Å². The molecule has 1 aromatic carbocycles. The summed E-state index contributed by atoms with van der Waals surface area (Å²) in [4.78, 5) is 0. The van der Waals surface area contributed by atoms with E-state index in [1.54, 1.807) is 20.1 Å². The predicted octanol–water partition coefficient (Wildman–Crippen LogP) is 2.31. The molecule has 1 unspecified atom stereocenters. The molecule has 78 valence electrons. The average Bonchev–Trinajstić information content (AvgIpc) is 2.18. The molecule has 1 atom stereocenters. The fourth-order valence-corrected chi connectivity index (χ4v) is 1.34. The van der Waals surface area contributed by atoms with Crippen molar-refractivity contribution in [3.05, 3.63) is 28.2 Å². The summed E-state index contributed by atoms with van der Waals surface area (Å²) in [6.45, 7) is 1.75. The highest BCUT2D eigenvalue weighted by Crippen LogP contribution is 2.24. The van der Waals surface area contributed by atoms with E-state index < -0.39 is 0 Å². The first-order valence-corrected chi connectivity index (χ1v) is 5.05. The number of rotatable bonds is 4. The van der Waals surface area contributed by atoms with Crippen molar-refractivity contribution in [2.24, 2.45) is 0 Å². The van der Waals surface area contributed by atoms with Crippen molar-refractivity contribution in [1.82, 2.24) is 0 Å². The Morgan fingerprint density at radius 2 is 2.21 bits per heavy atom. The number of aliphatic hydroxyl groups excluding tert-OH is 1. The maximum Gasteiger partial charge on any atom is 0.196 e. The molecule has 0 aromatic heterocycles. The van der Waals surface area contributed by atoms with Crippen molar-refractivity contribution >= 4 is 15.9 Å². The Morgan fingerprint density at radius 3 is 2.79 bits per heavy atom. The van der Waals surface area contributed by atoms with Gasteiger partial charge >= 0.3 is 0 Å². The van der Waals surface area contributed by atoms with Gasteiger partial charge in [0.25, 0.3) is 0 Å². The Hall–Kier alpha value is -0.580. The minimum atomic E-state index is -0.324. The third-order valence-electron chi connectivity index (χ3n) is 1.82. The monoisotopic (exact) mass is 260 g/mol. The van der Waals surface area contributed by atoms with Crippen LogP contribution in [0.4, 0.5) is 0 Å². The van der Waals surface area contributed by atoms with Crippen LogP contribution >= 0.6 is 15.9 Å². The number of hydrogen-bond donors (Lipinski definition) is 1. The van der Waals surface area contributed by atoms with Crippen LogP contribution in [0.25, 0.3) is 0 Å². The Morgan fingerprint density at radius 1 is 1.50 bits per heavy atom. The van der Waals surface area contributed by atoms with Crippen molar-refractivity contribution in [2.75, 3.05) is 7.11 Å². The van der Waals surface area contributed by atoms with Gasteiger partial charge in [0.15, 0.2) is 6.29 Å². The molecule has 0 saturated heterocycles. The molecule has 3 nitrogen and oxygen atoms in total. The SMILES string of the molecule is COC(C)Oc1cc(Br)ccc1CO. The number of ether oxygens (including phenoxy) is 2. The minimum absolute atomic E-state index is 0.0426. The van der Waals surface area contributed by atoms with E-state index in [2.05, 4.69) is 15.9 Å². The normalized spacial score (nSPS) is 12.6. The molecule has 0 aliphatic rings. The zero-order valence-corrected chi connectivity index (χ0v) is 9.74. The summed E-state index contributed by atoms with van der Waals surface area (Å²) in [7, 11) is 1.57. The van der Waals surface area contributed by atoms with Gasteiger partial charge < -0.3 is 14.6 Å². The number of aliphatic hydroxyl groups is 1. The number of halogens is 1. The van der Waals surface area contributed by atoms with E-state index in [0.29, 0.717) is 5.75 Å². The molecular weight excluding hydrogens is 248 g/mol. The lowest BCUT2D eigenvalue weighted by Gasteiger charge is -2.15. The Kier molecular flexibility index (Phi) is 4.38. The van der Waals surface area contributed by atoms with E-state index in [4.69, 9.17) is 14.6 Å². The van der Waals surface area contributed by atoms with Crippen LogP contribution < -0.4 is 4.74 Å². The van der Waals surface area contributed by atoms with Gasteiger partial charge in [0.2, 0.25) is 0 Å². The second-order valence-corrected chi connectivity index (χ2v) is 3.75. The molecule has 4 heteroatoms. The van der Waals surface area contributed by atoms with Crippen molar-refractivity contribution in [3.8, 4) is 5.75 Å². The van der Waals surface area contributed by atoms with Crippen molar-refractivity contribution in [2.45, 2.75) is 19.8 Å². The summed E-state index contributed by atoms with van der Waals surface area (Å²) in [5, 5.41) is 9.06. The lowest BCUT2D eigenvalue weighted by Crippen LogP contribution is -2.14. The van der Waals surface area contributed by atoms with E-state index in [1.165, 1.54) is 0 Å². The summed E-state index contributed by atoms with van der Waals surface area (Å²) in [5.74, 6) is 0.635. The molecule has 0 aliphatic carbocycles. The molecular formula is C10H13BrO3. The first-order valence-electron chi connectivity index (χ1n) is 4.26. The van der Waals surface area contributed by atoms with Gasteiger partial charge in [-0.15, -0.1) is 0 Å². The third-order valence-corrected chi connectivity index (χ3v) is 2.32. The van der Waals surface area contributed by atoms with Crippen LogP contribution in [0.5, 0.6) is 5.75 Å². The largest absolute Gasteiger partial charge is 0.465 e. The molecule has 0 amide bonds. The fourth-order valence-electron chi connectivity index (χ4n) is 0.996. The molecule has 1 N–H and O–H groups in total. The molecule has 0 bridgehead atoms. The first-order chi connectivity index (χ1) is 6.67. The topological polar surface area (TPSA) is 38.7 Å². The van der Waals surface area contributed by atoms with E-state index in [0.717, 1.165) is 10.0 Å². The average molecular weight is 261 g/mol. The second-order valence-electron chi connectivity index (χ2n) is 2.83. The van der Waals surface area contributed by atoms with Gasteiger partial charge in [0, 0.05) is 17.1 Å². The summed E-state index contributed by atoms with van der Waals surface area (Å²) >= 11 is 3.33. The highest BCUT2D eigenvalue weighted by atomic mass is 79.9. The van der Waals surface area contributed by atoms with Crippen LogP contribution in [0.1, 0.15) is 12.5 Å². The first kappa shape index (κ1) is 11.5. The van der Waals surface area contributed by atoms with Gasteiger partial charge in [-0.3, -0.25) is 0 Å². The van der Waals surface area contributed by atoms with Crippen molar-refractivity contribution in [3.63, 3.8) is 0 Å². The van der Waals surface area contributed by atoms with E-state index in [9.17, 15) is 0 Å². The van der Waals surface area contributed by atoms with Crippen LogP contribution in [0, 0.1) is 0 Å². The quantitative estimate of drug-likeness (QED) is 0.845. The lowest BCUT2D eigenvalue weighted by atomic mass is 10.2. The standard InChI is InChI=1S/C10H13BrO3/c1-7(13-2)14-10-5-9(11)4-3-8(10)6-12/h3-5,7,12H,6H2,1-2H3. The van der Waals surface area contributed by atoms with Crippen LogP contribution in [0.15, 0.2) is 22.7 Å². The van der Waals surface area contributed by atoms with Crippen LogP contribution in [-0.2, 0) is 11.3 Å². The Balaban J connectivity index is 2.87. The number of methoxy groups -OCH3 is 1. The third kappa shape index (κ3) is 2.97. The number of benzene rings is 1. The molecule has 0 heterocycles. The molecule has 0 spiro atoms. The molecule has 0 aliphatic heterocycles. The summed E-state index contributed by atoms with van der Waals surface area (Å²) < 4.78 is 11.3. The molecule has 1 aromatic rings. The van der Waals surface area contributed by atoms with Gasteiger partial charge in [-0.05, 0) is 19.1 Å². The molecule has 0 saturated carbocycles. The van der Waals surface area contributed by atoms with Gasteiger partial charge in [-0.25, -0.2) is 0 Å². The summed E-state index contributed by atoms with van der Waals surface area (Å²) in [6.07, 6.45) is -0.324. The second kappa shape index (κ2) is 5.34. The summed E-state index contributed by atoms with van der Waals surface area (Å²) in [5.41, 5.74) is 0.747. The summed E-state index contributed by atoms with van der Waals surface area (Å²) in [6, 6.07) is 5.47. The maximum atomic E-state index is 9.06. The van der Waals surface area contributed by atoms with E-state index in [-0.39, 0.29) is 12.9 Å². The molecule has 0 radical (unpaired) electrons. The maximum absolute atomic E-state index is 9.06. The zero-order chi connectivity index (χ0) is 10.6. The van der Waals surface area contributed by atoms with E-state index in [1.807, 2.05) is 12.1 Å². The van der Waals surface area contributed by atoms with Gasteiger partial charge in [-0.2, -0.15) is 0 Å². The lowest BCUT2D eigenvalue weighted by molar-refractivity contribution is -0.0393. The fraction of sp³-hybridized carbons (Fsp3) is 0.400. The van der Waals surface area contributed by atoms with Crippen LogP contribution in [-0.4, -0.2) is 18.5 Å². The number of hydrogen-bond acceptors (Lipinski definition) is 3. The Bertz CT molecular complexity index is 301. The van der Waals surface area contributed by atoms with Crippen LogP contribution in [0.3, 0.4) is 0 Å². The van der Waals surface area contributed by atoms with Crippen molar-refractivity contribution in [1.29, 1.82) is 0 Å². The predicted molar refractivity (Wildman–Crippen MR) is 57.2 cm³/mol. The molecule has 0 fully saturated rings. The highest BCUT2D eigenvalue weighted by molar-refractivity contribution is 9.10. The minimum Gasteiger partial charge on any atom is -0.465 e. The van der Waals surface area contributed by atoms with Crippen molar-refractivity contribution < 1.29 is 14.6 Å².